The van der Waals surface area contributed by atoms with E-state index < -0.39 is 0 Å². The van der Waals surface area contributed by atoms with Gasteiger partial charge in [-0.2, -0.15) is 5.10 Å². The first-order valence-electron chi connectivity index (χ1n) is 4.95. The Hall–Kier alpha value is -2.37. The van der Waals surface area contributed by atoms with Gasteiger partial charge >= 0.3 is 0 Å². The summed E-state index contributed by atoms with van der Waals surface area (Å²) in [5.41, 5.74) is 11.5. The van der Waals surface area contributed by atoms with E-state index in [9.17, 15) is 4.79 Å². The molecule has 0 fully saturated rings. The van der Waals surface area contributed by atoms with Crippen molar-refractivity contribution >= 4 is 18.1 Å². The molecule has 0 spiro atoms. The second-order valence-corrected chi connectivity index (χ2v) is 3.56. The Morgan fingerprint density at radius 2 is 1.94 bits per heavy atom. The smallest absolute Gasteiger partial charge is 0.254 e. The van der Waals surface area contributed by atoms with Crippen molar-refractivity contribution in [3.63, 3.8) is 0 Å². The van der Waals surface area contributed by atoms with Crippen molar-refractivity contribution in [2.45, 2.75) is 0 Å². The summed E-state index contributed by atoms with van der Waals surface area (Å²) in [7, 11) is 3.37. The van der Waals surface area contributed by atoms with E-state index in [0.29, 0.717) is 11.1 Å². The number of rotatable bonds is 3. The van der Waals surface area contributed by atoms with Crippen LogP contribution in [0.25, 0.3) is 0 Å². The van der Waals surface area contributed by atoms with Gasteiger partial charge in [0.25, 0.3) is 5.91 Å². The van der Waals surface area contributed by atoms with Crippen LogP contribution in [-0.4, -0.2) is 37.1 Å². The number of hydrogen-bond acceptors (Lipinski definition) is 3. The first-order chi connectivity index (χ1) is 8.02. The number of benzene rings is 1. The number of nitrogens with zero attached hydrogens (tertiary/aromatic N) is 3. The zero-order valence-corrected chi connectivity index (χ0v) is 9.79. The predicted octanol–water partition coefficient (Wildman–Crippen LogP) is -0.00430. The molecule has 0 saturated heterocycles. The molecule has 1 rings (SSSR count). The first-order valence-corrected chi connectivity index (χ1v) is 4.95. The second-order valence-electron chi connectivity index (χ2n) is 3.56. The molecule has 1 amide bonds. The third-order valence-electron chi connectivity index (χ3n) is 1.97. The van der Waals surface area contributed by atoms with Gasteiger partial charge in [0.1, 0.15) is 0 Å². The minimum atomic E-state index is -0.127. The lowest BCUT2D eigenvalue weighted by atomic mass is 10.1. The van der Waals surface area contributed by atoms with E-state index in [1.165, 1.54) is 11.1 Å². The lowest BCUT2D eigenvalue weighted by Gasteiger charge is -2.11. The summed E-state index contributed by atoms with van der Waals surface area (Å²) in [6.07, 6.45) is 1.44. The molecule has 0 aliphatic heterocycles. The van der Waals surface area contributed by atoms with E-state index >= 15 is 0 Å². The quantitative estimate of drug-likeness (QED) is 0.436. The van der Waals surface area contributed by atoms with E-state index in [0.717, 1.165) is 0 Å². The molecule has 1 aromatic carbocycles. The highest BCUT2D eigenvalue weighted by molar-refractivity contribution is 6.02. The Morgan fingerprint density at radius 3 is 2.53 bits per heavy atom. The van der Waals surface area contributed by atoms with Crippen molar-refractivity contribution in [1.82, 2.24) is 4.90 Å². The molecule has 0 saturated carbocycles. The highest BCUT2D eigenvalue weighted by Gasteiger charge is 2.10. The van der Waals surface area contributed by atoms with Crippen LogP contribution in [0.4, 0.5) is 0 Å². The van der Waals surface area contributed by atoms with Crippen LogP contribution < -0.4 is 11.5 Å². The third-order valence-corrected chi connectivity index (χ3v) is 1.97. The Bertz CT molecular complexity index is 461. The Balaban J connectivity index is 3.04. The van der Waals surface area contributed by atoms with Gasteiger partial charge in [-0.15, -0.1) is 5.10 Å². The molecule has 6 nitrogen and oxygen atoms in total. The summed E-state index contributed by atoms with van der Waals surface area (Å²) in [6.45, 7) is 0. The molecule has 17 heavy (non-hydrogen) atoms. The highest BCUT2D eigenvalue weighted by Crippen LogP contribution is 2.08. The summed E-state index contributed by atoms with van der Waals surface area (Å²) in [6, 6.07) is 7.08. The van der Waals surface area contributed by atoms with Gasteiger partial charge in [0, 0.05) is 25.2 Å². The van der Waals surface area contributed by atoms with Gasteiger partial charge in [0.15, 0.2) is 0 Å². The average Bonchev–Trinajstić information content (AvgIpc) is 2.28. The molecule has 4 N–H and O–H groups in total. The van der Waals surface area contributed by atoms with Crippen LogP contribution in [0.1, 0.15) is 15.9 Å². The number of carbonyl (C=O) groups is 1. The van der Waals surface area contributed by atoms with Crippen LogP contribution in [-0.2, 0) is 0 Å². The largest absolute Gasteiger partial charge is 0.369 e. The maximum Gasteiger partial charge on any atom is 0.254 e. The van der Waals surface area contributed by atoms with Gasteiger partial charge in [0.05, 0.1) is 6.21 Å². The SMILES string of the molecule is CN(C)C(=O)c1ccccc1C=NN=C(N)N. The van der Waals surface area contributed by atoms with E-state index in [1.807, 2.05) is 6.07 Å². The van der Waals surface area contributed by atoms with Crippen molar-refractivity contribution in [1.29, 1.82) is 0 Å². The number of carbonyl (C=O) groups excluding carboxylic acids is 1. The fraction of sp³-hybridized carbons (Fsp3) is 0.182. The van der Waals surface area contributed by atoms with Gasteiger partial charge in [-0.1, -0.05) is 18.2 Å². The topological polar surface area (TPSA) is 97.1 Å². The van der Waals surface area contributed by atoms with E-state index in [-0.39, 0.29) is 11.9 Å². The molecular weight excluding hydrogens is 218 g/mol. The number of nitrogens with two attached hydrogens (primary N) is 2. The molecule has 0 aromatic heterocycles. The minimum absolute atomic E-state index is 0.100. The molecular formula is C11H15N5O. The summed E-state index contributed by atoms with van der Waals surface area (Å²) >= 11 is 0. The standard InChI is InChI=1S/C11H15N5O/c1-16(2)10(17)9-6-4-3-5-8(9)7-14-15-11(12)13/h3-7H,1-2H3,(H4,12,13,15). The van der Waals surface area contributed by atoms with Crippen LogP contribution in [0.5, 0.6) is 0 Å². The molecule has 1 aromatic rings. The number of guanidine groups is 1. The summed E-state index contributed by atoms with van der Waals surface area (Å²) in [5.74, 6) is -0.227. The van der Waals surface area contributed by atoms with Crippen molar-refractivity contribution in [2.24, 2.45) is 21.7 Å². The Labute approximate surface area is 99.6 Å². The van der Waals surface area contributed by atoms with Gasteiger partial charge in [-0.3, -0.25) is 4.79 Å². The highest BCUT2D eigenvalue weighted by atomic mass is 16.2. The molecule has 6 heteroatoms. The molecule has 0 aliphatic rings. The molecule has 0 aliphatic carbocycles. The van der Waals surface area contributed by atoms with Crippen molar-refractivity contribution in [3.8, 4) is 0 Å². The van der Waals surface area contributed by atoms with Crippen LogP contribution >= 0.6 is 0 Å². The van der Waals surface area contributed by atoms with E-state index in [1.54, 1.807) is 32.3 Å². The first kappa shape index (κ1) is 12.7. The van der Waals surface area contributed by atoms with Gasteiger partial charge in [-0.05, 0) is 6.07 Å². The Morgan fingerprint density at radius 1 is 1.29 bits per heavy atom. The van der Waals surface area contributed by atoms with Crippen LogP contribution in [0.15, 0.2) is 34.5 Å². The Kier molecular flexibility index (Phi) is 4.21. The zero-order chi connectivity index (χ0) is 12.8. The van der Waals surface area contributed by atoms with E-state index in [2.05, 4.69) is 10.2 Å². The molecule has 0 radical (unpaired) electrons. The fourth-order valence-electron chi connectivity index (χ4n) is 1.20. The number of amides is 1. The molecule has 0 unspecified atom stereocenters. The zero-order valence-electron chi connectivity index (χ0n) is 9.79. The molecule has 90 valence electrons. The average molecular weight is 233 g/mol. The van der Waals surface area contributed by atoms with E-state index in [4.69, 9.17) is 11.5 Å². The van der Waals surface area contributed by atoms with Crippen molar-refractivity contribution < 1.29 is 4.79 Å². The molecule has 0 bridgehead atoms. The monoisotopic (exact) mass is 233 g/mol. The van der Waals surface area contributed by atoms with Crippen LogP contribution in [0.3, 0.4) is 0 Å². The van der Waals surface area contributed by atoms with Gasteiger partial charge in [-0.25, -0.2) is 0 Å². The second kappa shape index (κ2) is 5.64. The van der Waals surface area contributed by atoms with Crippen LogP contribution in [0.2, 0.25) is 0 Å². The summed E-state index contributed by atoms with van der Waals surface area (Å²) < 4.78 is 0. The molecule has 0 atom stereocenters. The molecule has 0 heterocycles. The number of hydrogen-bond donors (Lipinski definition) is 2. The summed E-state index contributed by atoms with van der Waals surface area (Å²) in [4.78, 5) is 13.3. The minimum Gasteiger partial charge on any atom is -0.369 e. The van der Waals surface area contributed by atoms with Crippen molar-refractivity contribution in [3.05, 3.63) is 35.4 Å². The van der Waals surface area contributed by atoms with Crippen LogP contribution in [0, 0.1) is 0 Å². The fourth-order valence-corrected chi connectivity index (χ4v) is 1.20. The summed E-state index contributed by atoms with van der Waals surface area (Å²) in [5, 5.41) is 7.17. The predicted molar refractivity (Wildman–Crippen MR) is 67.9 cm³/mol. The van der Waals surface area contributed by atoms with Gasteiger partial charge in [0.2, 0.25) is 5.96 Å². The van der Waals surface area contributed by atoms with Gasteiger partial charge < -0.3 is 16.4 Å². The third kappa shape index (κ3) is 3.60. The lowest BCUT2D eigenvalue weighted by Crippen LogP contribution is -2.23. The van der Waals surface area contributed by atoms with Crippen molar-refractivity contribution in [2.75, 3.05) is 14.1 Å². The lowest BCUT2D eigenvalue weighted by molar-refractivity contribution is 0.0827. The maximum absolute atomic E-state index is 11.8. The normalized spacial score (nSPS) is 10.2. The maximum atomic E-state index is 11.8.